The molecule has 0 aliphatic rings. The van der Waals surface area contributed by atoms with E-state index in [1.807, 2.05) is 43.3 Å². The average molecular weight is 297 g/mol. The van der Waals surface area contributed by atoms with Crippen LogP contribution < -0.4 is 9.47 Å². The lowest BCUT2D eigenvalue weighted by molar-refractivity contribution is 0.242. The highest BCUT2D eigenvalue weighted by Gasteiger charge is 2.10. The molecule has 0 spiro atoms. The highest BCUT2D eigenvalue weighted by atomic mass is 16.5. The van der Waals surface area contributed by atoms with Gasteiger partial charge in [0.2, 0.25) is 5.82 Å². The first-order valence-corrected chi connectivity index (χ1v) is 6.77. The zero-order valence-corrected chi connectivity index (χ0v) is 12.3. The fourth-order valence-corrected chi connectivity index (χ4v) is 1.88. The second kappa shape index (κ2) is 6.26. The van der Waals surface area contributed by atoms with Crippen LogP contribution in [0.2, 0.25) is 0 Å². The Morgan fingerprint density at radius 1 is 1.14 bits per heavy atom. The van der Waals surface area contributed by atoms with E-state index >= 15 is 0 Å². The van der Waals surface area contributed by atoms with Gasteiger partial charge in [0.05, 0.1) is 13.3 Å². The van der Waals surface area contributed by atoms with E-state index in [4.69, 9.17) is 14.0 Å². The molecular weight excluding hydrogens is 282 g/mol. The zero-order chi connectivity index (χ0) is 15.4. The Morgan fingerprint density at radius 2 is 2.05 bits per heavy atom. The van der Waals surface area contributed by atoms with Crippen LogP contribution in [0.1, 0.15) is 11.6 Å². The number of rotatable bonds is 5. The van der Waals surface area contributed by atoms with Gasteiger partial charge >= 0.3 is 0 Å². The smallest absolute Gasteiger partial charge is 0.264 e. The Balaban J connectivity index is 1.69. The fourth-order valence-electron chi connectivity index (χ4n) is 1.88. The Kier molecular flexibility index (Phi) is 4.00. The van der Waals surface area contributed by atoms with Crippen molar-refractivity contribution < 1.29 is 14.0 Å². The van der Waals surface area contributed by atoms with E-state index in [1.54, 1.807) is 13.3 Å². The molecule has 0 N–H and O–H groups in total. The molecule has 0 unspecified atom stereocenters. The molecule has 0 aliphatic heterocycles. The van der Waals surface area contributed by atoms with Crippen LogP contribution in [0, 0.1) is 6.92 Å². The summed E-state index contributed by atoms with van der Waals surface area (Å²) in [4.78, 5) is 8.47. The van der Waals surface area contributed by atoms with Gasteiger partial charge < -0.3 is 14.0 Å². The third kappa shape index (κ3) is 3.22. The lowest BCUT2D eigenvalue weighted by Crippen LogP contribution is -1.96. The third-order valence-electron chi connectivity index (χ3n) is 3.04. The summed E-state index contributed by atoms with van der Waals surface area (Å²) in [5.74, 6) is 2.30. The average Bonchev–Trinajstić information content (AvgIpc) is 3.03. The molecule has 3 aromatic rings. The topological polar surface area (TPSA) is 70.3 Å². The lowest BCUT2D eigenvalue weighted by atomic mass is 10.2. The molecule has 0 aliphatic carbocycles. The maximum atomic E-state index is 5.56. The van der Waals surface area contributed by atoms with Crippen molar-refractivity contribution in [1.82, 2.24) is 15.1 Å². The van der Waals surface area contributed by atoms with Crippen LogP contribution in [0.3, 0.4) is 0 Å². The number of pyridine rings is 1. The monoisotopic (exact) mass is 297 g/mol. The first kappa shape index (κ1) is 14.1. The van der Waals surface area contributed by atoms with Crippen molar-refractivity contribution in [2.45, 2.75) is 13.5 Å². The Morgan fingerprint density at radius 3 is 2.82 bits per heavy atom. The summed E-state index contributed by atoms with van der Waals surface area (Å²) in [5.41, 5.74) is 1.76. The van der Waals surface area contributed by atoms with Gasteiger partial charge in [0.1, 0.15) is 11.5 Å². The van der Waals surface area contributed by atoms with Crippen molar-refractivity contribution in [3.8, 4) is 22.9 Å². The first-order valence-electron chi connectivity index (χ1n) is 6.77. The molecule has 6 heteroatoms. The maximum Gasteiger partial charge on any atom is 0.264 e. The highest BCUT2D eigenvalue weighted by Crippen LogP contribution is 2.21. The van der Waals surface area contributed by atoms with Crippen LogP contribution in [0.4, 0.5) is 0 Å². The minimum atomic E-state index is 0.196. The Bertz CT molecular complexity index is 753. The normalized spacial score (nSPS) is 10.5. The first-order chi connectivity index (χ1) is 10.7. The van der Waals surface area contributed by atoms with Crippen LogP contribution in [0.25, 0.3) is 11.4 Å². The number of hydrogen-bond donors (Lipinski definition) is 0. The summed E-state index contributed by atoms with van der Waals surface area (Å²) in [5, 5.41) is 3.95. The summed E-state index contributed by atoms with van der Waals surface area (Å²) in [6.07, 6.45) is 1.66. The number of hydrogen-bond acceptors (Lipinski definition) is 6. The second-order valence-electron chi connectivity index (χ2n) is 4.67. The van der Waals surface area contributed by atoms with Gasteiger partial charge in [-0.2, -0.15) is 4.98 Å². The number of benzene rings is 1. The summed E-state index contributed by atoms with van der Waals surface area (Å²) in [7, 11) is 1.62. The molecule has 0 saturated carbocycles. The van der Waals surface area contributed by atoms with Gasteiger partial charge in [0, 0.05) is 11.3 Å². The van der Waals surface area contributed by atoms with Crippen LogP contribution in [-0.4, -0.2) is 22.2 Å². The van der Waals surface area contributed by atoms with Crippen LogP contribution in [0.15, 0.2) is 47.1 Å². The quantitative estimate of drug-likeness (QED) is 0.721. The van der Waals surface area contributed by atoms with Crippen molar-refractivity contribution in [3.63, 3.8) is 0 Å². The van der Waals surface area contributed by atoms with Gasteiger partial charge in [-0.1, -0.05) is 17.3 Å². The van der Waals surface area contributed by atoms with E-state index in [1.165, 1.54) is 0 Å². The molecule has 2 heterocycles. The van der Waals surface area contributed by atoms with Crippen molar-refractivity contribution in [2.75, 3.05) is 7.11 Å². The molecule has 2 aromatic heterocycles. The summed E-state index contributed by atoms with van der Waals surface area (Å²) in [6.45, 7) is 2.11. The molecule has 22 heavy (non-hydrogen) atoms. The van der Waals surface area contributed by atoms with Gasteiger partial charge in [-0.25, -0.2) is 0 Å². The predicted molar refractivity (Wildman–Crippen MR) is 79.6 cm³/mol. The molecule has 0 atom stereocenters. The number of aryl methyl sites for hydroxylation is 1. The van der Waals surface area contributed by atoms with Gasteiger partial charge in [-0.15, -0.1) is 0 Å². The van der Waals surface area contributed by atoms with Crippen molar-refractivity contribution in [1.29, 1.82) is 0 Å². The van der Waals surface area contributed by atoms with Gasteiger partial charge in [-0.05, 0) is 31.2 Å². The van der Waals surface area contributed by atoms with Gasteiger partial charge in [-0.3, -0.25) is 4.98 Å². The van der Waals surface area contributed by atoms with E-state index < -0.39 is 0 Å². The summed E-state index contributed by atoms with van der Waals surface area (Å²) in [6, 6.07) is 11.2. The molecular formula is C16H15N3O3. The summed E-state index contributed by atoms with van der Waals surface area (Å²) < 4.78 is 15.9. The standard InChI is InChI=1S/C16H15N3O3/c1-11-6-7-14(9-17-11)21-10-15-18-16(19-22-15)12-4-3-5-13(8-12)20-2/h3-9H,10H2,1-2H3. The second-order valence-corrected chi connectivity index (χ2v) is 4.67. The SMILES string of the molecule is COc1cccc(-c2noc(COc3ccc(C)nc3)n2)c1. The van der Waals surface area contributed by atoms with E-state index in [9.17, 15) is 0 Å². The number of methoxy groups -OCH3 is 1. The molecule has 1 aromatic carbocycles. The summed E-state index contributed by atoms with van der Waals surface area (Å²) >= 11 is 0. The Hall–Kier alpha value is -2.89. The largest absolute Gasteiger partial charge is 0.497 e. The maximum absolute atomic E-state index is 5.56. The molecule has 0 bridgehead atoms. The van der Waals surface area contributed by atoms with Crippen LogP contribution in [0.5, 0.6) is 11.5 Å². The van der Waals surface area contributed by atoms with E-state index in [-0.39, 0.29) is 6.61 Å². The Labute approximate surface area is 127 Å². The lowest BCUT2D eigenvalue weighted by Gasteiger charge is -2.02. The van der Waals surface area contributed by atoms with Crippen molar-refractivity contribution >= 4 is 0 Å². The molecule has 0 fully saturated rings. The molecule has 0 radical (unpaired) electrons. The van der Waals surface area contributed by atoms with Gasteiger partial charge in [0.15, 0.2) is 6.61 Å². The van der Waals surface area contributed by atoms with Crippen molar-refractivity contribution in [3.05, 3.63) is 54.2 Å². The van der Waals surface area contributed by atoms with Crippen molar-refractivity contribution in [2.24, 2.45) is 0 Å². The molecule has 0 saturated heterocycles. The highest BCUT2D eigenvalue weighted by molar-refractivity contribution is 5.56. The van der Waals surface area contributed by atoms with E-state index in [0.29, 0.717) is 17.5 Å². The van der Waals surface area contributed by atoms with E-state index in [2.05, 4.69) is 15.1 Å². The number of nitrogens with zero attached hydrogens (tertiary/aromatic N) is 3. The number of ether oxygens (including phenoxy) is 2. The van der Waals surface area contributed by atoms with Gasteiger partial charge in [0.25, 0.3) is 5.89 Å². The minimum absolute atomic E-state index is 0.196. The van der Waals surface area contributed by atoms with E-state index in [0.717, 1.165) is 17.0 Å². The van der Waals surface area contributed by atoms with Crippen LogP contribution in [-0.2, 0) is 6.61 Å². The number of aromatic nitrogens is 3. The molecule has 3 rings (SSSR count). The molecule has 6 nitrogen and oxygen atoms in total. The molecule has 0 amide bonds. The minimum Gasteiger partial charge on any atom is -0.497 e. The fraction of sp³-hybridized carbons (Fsp3) is 0.188. The van der Waals surface area contributed by atoms with Crippen LogP contribution >= 0.6 is 0 Å². The third-order valence-corrected chi connectivity index (χ3v) is 3.04. The molecule has 112 valence electrons. The predicted octanol–water partition coefficient (Wildman–Crippen LogP) is 3.03. The zero-order valence-electron chi connectivity index (χ0n) is 12.3.